The molecule has 1 atom stereocenters. The summed E-state index contributed by atoms with van der Waals surface area (Å²) in [6, 6.07) is 0. The molecule has 0 fully saturated rings. The third-order valence-corrected chi connectivity index (χ3v) is 2.56. The molecule has 0 spiro atoms. The Labute approximate surface area is 89.1 Å². The molecule has 0 radical (unpaired) electrons. The van der Waals surface area contributed by atoms with Crippen LogP contribution in [-0.2, 0) is 0 Å². The zero-order valence-electron chi connectivity index (χ0n) is 10.4. The third-order valence-electron chi connectivity index (χ3n) is 2.56. The number of hydrogen-bond donors (Lipinski definition) is 2. The van der Waals surface area contributed by atoms with Crippen molar-refractivity contribution >= 4 is 0 Å². The Morgan fingerprint density at radius 3 is 2.07 bits per heavy atom. The van der Waals surface area contributed by atoms with Crippen LogP contribution in [0.3, 0.4) is 0 Å². The van der Waals surface area contributed by atoms with E-state index in [2.05, 4.69) is 39.9 Å². The first-order valence-electron chi connectivity index (χ1n) is 5.75. The van der Waals surface area contributed by atoms with E-state index in [-0.39, 0.29) is 12.1 Å². The van der Waals surface area contributed by atoms with Crippen molar-refractivity contribution in [2.75, 3.05) is 13.2 Å². The van der Waals surface area contributed by atoms with Crippen LogP contribution in [0.4, 0.5) is 0 Å². The van der Waals surface area contributed by atoms with Gasteiger partial charge in [0.2, 0.25) is 0 Å². The van der Waals surface area contributed by atoms with Gasteiger partial charge in [-0.2, -0.15) is 0 Å². The number of aliphatic hydroxyl groups excluding tert-OH is 1. The normalized spacial score (nSPS) is 16.3. The summed E-state index contributed by atoms with van der Waals surface area (Å²) in [7, 11) is 0. The van der Waals surface area contributed by atoms with Crippen molar-refractivity contribution in [3.63, 3.8) is 0 Å². The molecule has 2 N–H and O–H groups in total. The first-order valence-corrected chi connectivity index (χ1v) is 5.75. The summed E-state index contributed by atoms with van der Waals surface area (Å²) in [6.45, 7) is 12.1. The van der Waals surface area contributed by atoms with E-state index in [0.29, 0.717) is 11.8 Å². The molecule has 0 amide bonds. The summed E-state index contributed by atoms with van der Waals surface area (Å²) in [5.41, 5.74) is -0.0887. The zero-order chi connectivity index (χ0) is 11.2. The highest BCUT2D eigenvalue weighted by Gasteiger charge is 2.22. The van der Waals surface area contributed by atoms with Gasteiger partial charge < -0.3 is 10.4 Å². The van der Waals surface area contributed by atoms with Gasteiger partial charge in [-0.1, -0.05) is 27.7 Å². The van der Waals surface area contributed by atoms with Gasteiger partial charge in [0.25, 0.3) is 0 Å². The maximum Gasteiger partial charge on any atom is 0.0610 e. The van der Waals surface area contributed by atoms with Crippen molar-refractivity contribution in [3.8, 4) is 0 Å². The largest absolute Gasteiger partial charge is 0.394 e. The topological polar surface area (TPSA) is 32.3 Å². The molecule has 0 heterocycles. The molecule has 1 unspecified atom stereocenters. The minimum atomic E-state index is -0.0887. The zero-order valence-corrected chi connectivity index (χ0v) is 10.4. The van der Waals surface area contributed by atoms with E-state index in [9.17, 15) is 5.11 Å². The van der Waals surface area contributed by atoms with Gasteiger partial charge >= 0.3 is 0 Å². The standard InChI is InChI=1S/C12H27NO/c1-10(2)6-7-12(5,9-14)13-8-11(3)4/h10-11,13-14H,6-9H2,1-5H3. The summed E-state index contributed by atoms with van der Waals surface area (Å²) in [5, 5.41) is 12.8. The van der Waals surface area contributed by atoms with Crippen LogP contribution in [0.1, 0.15) is 47.5 Å². The number of rotatable bonds is 7. The van der Waals surface area contributed by atoms with Crippen LogP contribution in [0.15, 0.2) is 0 Å². The van der Waals surface area contributed by atoms with E-state index < -0.39 is 0 Å². The maximum atomic E-state index is 9.35. The average Bonchev–Trinajstić information content (AvgIpc) is 2.11. The summed E-state index contributed by atoms with van der Waals surface area (Å²) in [5.74, 6) is 1.35. The van der Waals surface area contributed by atoms with Crippen LogP contribution in [0.5, 0.6) is 0 Å². The van der Waals surface area contributed by atoms with Crippen LogP contribution in [0, 0.1) is 11.8 Å². The molecule has 0 bridgehead atoms. The fraction of sp³-hybridized carbons (Fsp3) is 1.00. The molecule has 0 aliphatic carbocycles. The van der Waals surface area contributed by atoms with Crippen molar-refractivity contribution in [3.05, 3.63) is 0 Å². The van der Waals surface area contributed by atoms with Gasteiger partial charge in [0.15, 0.2) is 0 Å². The molecule has 2 nitrogen and oxygen atoms in total. The van der Waals surface area contributed by atoms with Crippen molar-refractivity contribution in [1.82, 2.24) is 5.32 Å². The molecule has 0 rings (SSSR count). The lowest BCUT2D eigenvalue weighted by atomic mass is 9.92. The molecule has 86 valence electrons. The second-order valence-corrected chi connectivity index (χ2v) is 5.43. The lowest BCUT2D eigenvalue weighted by Gasteiger charge is -2.30. The minimum Gasteiger partial charge on any atom is -0.394 e. The highest BCUT2D eigenvalue weighted by molar-refractivity contribution is 4.82. The fourth-order valence-electron chi connectivity index (χ4n) is 1.28. The van der Waals surface area contributed by atoms with Gasteiger partial charge in [0.1, 0.15) is 0 Å². The molecular formula is C12H27NO. The van der Waals surface area contributed by atoms with Crippen LogP contribution in [0.25, 0.3) is 0 Å². The molecule has 0 saturated carbocycles. The molecular weight excluding hydrogens is 174 g/mol. The molecule has 0 aromatic heterocycles. The molecule has 0 aliphatic heterocycles. The molecule has 2 heteroatoms. The van der Waals surface area contributed by atoms with E-state index >= 15 is 0 Å². The average molecular weight is 201 g/mol. The monoisotopic (exact) mass is 201 g/mol. The van der Waals surface area contributed by atoms with E-state index in [1.165, 1.54) is 6.42 Å². The Hall–Kier alpha value is -0.0800. The summed E-state index contributed by atoms with van der Waals surface area (Å²) in [6.07, 6.45) is 2.22. The SMILES string of the molecule is CC(C)CCC(C)(CO)NCC(C)C. The van der Waals surface area contributed by atoms with Gasteiger partial charge in [-0.25, -0.2) is 0 Å². The van der Waals surface area contributed by atoms with Gasteiger partial charge in [0, 0.05) is 5.54 Å². The summed E-state index contributed by atoms with van der Waals surface area (Å²) in [4.78, 5) is 0. The lowest BCUT2D eigenvalue weighted by molar-refractivity contribution is 0.155. The molecule has 0 aliphatic rings. The summed E-state index contributed by atoms with van der Waals surface area (Å²) >= 11 is 0. The van der Waals surface area contributed by atoms with E-state index in [1.54, 1.807) is 0 Å². The number of hydrogen-bond acceptors (Lipinski definition) is 2. The van der Waals surface area contributed by atoms with E-state index in [1.807, 2.05) is 0 Å². The Kier molecular flexibility index (Phi) is 6.38. The van der Waals surface area contributed by atoms with Crippen molar-refractivity contribution in [1.29, 1.82) is 0 Å². The second kappa shape index (κ2) is 6.41. The Morgan fingerprint density at radius 2 is 1.71 bits per heavy atom. The van der Waals surface area contributed by atoms with Gasteiger partial charge in [-0.15, -0.1) is 0 Å². The van der Waals surface area contributed by atoms with Crippen molar-refractivity contribution in [2.24, 2.45) is 11.8 Å². The fourth-order valence-corrected chi connectivity index (χ4v) is 1.28. The van der Waals surface area contributed by atoms with E-state index in [0.717, 1.165) is 13.0 Å². The predicted octanol–water partition coefficient (Wildman–Crippen LogP) is 2.42. The Morgan fingerprint density at radius 1 is 1.14 bits per heavy atom. The van der Waals surface area contributed by atoms with Crippen LogP contribution >= 0.6 is 0 Å². The molecule has 0 saturated heterocycles. The van der Waals surface area contributed by atoms with Crippen LogP contribution < -0.4 is 5.32 Å². The van der Waals surface area contributed by atoms with Crippen molar-refractivity contribution in [2.45, 2.75) is 53.0 Å². The van der Waals surface area contributed by atoms with E-state index in [4.69, 9.17) is 0 Å². The molecule has 0 aromatic carbocycles. The minimum absolute atomic E-state index is 0.0887. The van der Waals surface area contributed by atoms with Crippen LogP contribution in [0.2, 0.25) is 0 Å². The quantitative estimate of drug-likeness (QED) is 0.663. The van der Waals surface area contributed by atoms with Crippen LogP contribution in [-0.4, -0.2) is 23.8 Å². The lowest BCUT2D eigenvalue weighted by Crippen LogP contribution is -2.47. The number of nitrogens with one attached hydrogen (secondary N) is 1. The predicted molar refractivity (Wildman–Crippen MR) is 62.4 cm³/mol. The first kappa shape index (κ1) is 13.9. The second-order valence-electron chi connectivity index (χ2n) is 5.43. The van der Waals surface area contributed by atoms with Gasteiger partial charge in [-0.05, 0) is 38.1 Å². The maximum absolute atomic E-state index is 9.35. The Balaban J connectivity index is 3.91. The molecule has 14 heavy (non-hydrogen) atoms. The highest BCUT2D eigenvalue weighted by atomic mass is 16.3. The Bertz CT molecular complexity index is 131. The third kappa shape index (κ3) is 6.39. The summed E-state index contributed by atoms with van der Waals surface area (Å²) < 4.78 is 0. The van der Waals surface area contributed by atoms with Gasteiger partial charge in [0.05, 0.1) is 6.61 Å². The highest BCUT2D eigenvalue weighted by Crippen LogP contribution is 2.16. The number of aliphatic hydroxyl groups is 1. The first-order chi connectivity index (χ1) is 6.39. The molecule has 0 aromatic rings. The van der Waals surface area contributed by atoms with Crippen molar-refractivity contribution < 1.29 is 5.11 Å². The van der Waals surface area contributed by atoms with Gasteiger partial charge in [-0.3, -0.25) is 0 Å². The smallest absolute Gasteiger partial charge is 0.0610 e.